The molecule has 1 rings (SSSR count). The van der Waals surface area contributed by atoms with E-state index in [0.29, 0.717) is 6.54 Å². The second-order valence-corrected chi connectivity index (χ2v) is 4.33. The highest BCUT2D eigenvalue weighted by atomic mass is 35.5. The second-order valence-electron chi connectivity index (χ2n) is 3.89. The van der Waals surface area contributed by atoms with Gasteiger partial charge in [0.25, 0.3) is 0 Å². The molecular weight excluding hydrogens is 220 g/mol. The van der Waals surface area contributed by atoms with Crippen LogP contribution in [0.5, 0.6) is 0 Å². The molecule has 0 heterocycles. The van der Waals surface area contributed by atoms with E-state index in [0.717, 1.165) is 31.0 Å². The summed E-state index contributed by atoms with van der Waals surface area (Å²) < 4.78 is 0. The minimum absolute atomic E-state index is 0.664. The van der Waals surface area contributed by atoms with Crippen molar-refractivity contribution in [3.63, 3.8) is 0 Å². The minimum Gasteiger partial charge on any atom is -0.372 e. The van der Waals surface area contributed by atoms with Crippen molar-refractivity contribution in [1.82, 2.24) is 0 Å². The first-order chi connectivity index (χ1) is 7.72. The molecule has 0 atom stereocenters. The molecule has 0 amide bonds. The highest BCUT2D eigenvalue weighted by Gasteiger charge is 2.08. The van der Waals surface area contributed by atoms with Gasteiger partial charge in [0, 0.05) is 23.8 Å². The summed E-state index contributed by atoms with van der Waals surface area (Å²) >= 11 is 6.02. The lowest BCUT2D eigenvalue weighted by atomic mass is 10.1. The van der Waals surface area contributed by atoms with Crippen molar-refractivity contribution < 1.29 is 0 Å². The molecule has 0 saturated carbocycles. The van der Waals surface area contributed by atoms with Crippen LogP contribution in [0.25, 0.3) is 0 Å². The molecule has 0 aliphatic heterocycles. The largest absolute Gasteiger partial charge is 0.372 e. The Labute approximate surface area is 103 Å². The van der Waals surface area contributed by atoms with Crippen molar-refractivity contribution in [3.8, 4) is 0 Å². The van der Waals surface area contributed by atoms with Crippen LogP contribution in [0.3, 0.4) is 0 Å². The van der Waals surface area contributed by atoms with Crippen LogP contribution >= 0.6 is 11.6 Å². The molecule has 0 aliphatic rings. The lowest BCUT2D eigenvalue weighted by Gasteiger charge is -2.25. The van der Waals surface area contributed by atoms with Gasteiger partial charge in [-0.3, -0.25) is 0 Å². The lowest BCUT2D eigenvalue weighted by Crippen LogP contribution is -2.25. The van der Waals surface area contributed by atoms with Gasteiger partial charge in [-0.2, -0.15) is 0 Å². The second kappa shape index (κ2) is 6.77. The highest BCUT2D eigenvalue weighted by Crippen LogP contribution is 2.24. The average Bonchev–Trinajstić information content (AvgIpc) is 2.27. The standard InChI is InChI=1S/C13H21ClN2/c1-3-9-16(4-2)13-6-5-12(14)10-11(13)7-8-15/h5-6,10H,3-4,7-9,15H2,1-2H3. The first kappa shape index (κ1) is 13.3. The van der Waals surface area contributed by atoms with E-state index in [4.69, 9.17) is 17.3 Å². The van der Waals surface area contributed by atoms with Gasteiger partial charge in [0.15, 0.2) is 0 Å². The molecule has 0 spiro atoms. The van der Waals surface area contributed by atoms with E-state index in [1.54, 1.807) is 0 Å². The van der Waals surface area contributed by atoms with Crippen molar-refractivity contribution in [2.75, 3.05) is 24.5 Å². The molecule has 2 N–H and O–H groups in total. The number of anilines is 1. The van der Waals surface area contributed by atoms with E-state index < -0.39 is 0 Å². The van der Waals surface area contributed by atoms with Crippen molar-refractivity contribution in [2.24, 2.45) is 5.73 Å². The molecule has 0 radical (unpaired) electrons. The van der Waals surface area contributed by atoms with Gasteiger partial charge in [-0.25, -0.2) is 0 Å². The average molecular weight is 241 g/mol. The maximum Gasteiger partial charge on any atom is 0.0410 e. The van der Waals surface area contributed by atoms with Gasteiger partial charge in [-0.15, -0.1) is 0 Å². The maximum atomic E-state index is 6.02. The Bertz CT molecular complexity index is 326. The van der Waals surface area contributed by atoms with Crippen LogP contribution in [0.15, 0.2) is 18.2 Å². The smallest absolute Gasteiger partial charge is 0.0410 e. The fourth-order valence-corrected chi connectivity index (χ4v) is 2.13. The zero-order chi connectivity index (χ0) is 12.0. The van der Waals surface area contributed by atoms with E-state index in [-0.39, 0.29) is 0 Å². The zero-order valence-corrected chi connectivity index (χ0v) is 10.9. The summed E-state index contributed by atoms with van der Waals surface area (Å²) in [6.45, 7) is 7.14. The fourth-order valence-electron chi connectivity index (χ4n) is 1.94. The Morgan fingerprint density at radius 3 is 2.62 bits per heavy atom. The Kier molecular flexibility index (Phi) is 5.64. The number of halogens is 1. The number of nitrogens with two attached hydrogens (primary N) is 1. The first-order valence-corrected chi connectivity index (χ1v) is 6.34. The lowest BCUT2D eigenvalue weighted by molar-refractivity contribution is 0.783. The van der Waals surface area contributed by atoms with Gasteiger partial charge in [0.2, 0.25) is 0 Å². The first-order valence-electron chi connectivity index (χ1n) is 5.96. The third-order valence-corrected chi connectivity index (χ3v) is 2.91. The molecule has 1 aromatic rings. The van der Waals surface area contributed by atoms with E-state index in [1.807, 2.05) is 12.1 Å². The van der Waals surface area contributed by atoms with Crippen LogP contribution < -0.4 is 10.6 Å². The van der Waals surface area contributed by atoms with Crippen molar-refractivity contribution in [1.29, 1.82) is 0 Å². The molecule has 0 aromatic heterocycles. The predicted molar refractivity (Wildman–Crippen MR) is 72.4 cm³/mol. The van der Waals surface area contributed by atoms with Crippen molar-refractivity contribution >= 4 is 17.3 Å². The van der Waals surface area contributed by atoms with Crippen LogP contribution in [0.1, 0.15) is 25.8 Å². The third-order valence-electron chi connectivity index (χ3n) is 2.67. The molecule has 0 aliphatic carbocycles. The fraction of sp³-hybridized carbons (Fsp3) is 0.538. The molecule has 3 heteroatoms. The van der Waals surface area contributed by atoms with Crippen LogP contribution in [0.4, 0.5) is 5.69 Å². The number of hydrogen-bond donors (Lipinski definition) is 1. The summed E-state index contributed by atoms with van der Waals surface area (Å²) in [6, 6.07) is 6.09. The molecule has 0 unspecified atom stereocenters. The molecule has 0 saturated heterocycles. The number of nitrogens with zero attached hydrogens (tertiary/aromatic N) is 1. The summed E-state index contributed by atoms with van der Waals surface area (Å²) in [5.74, 6) is 0. The number of hydrogen-bond acceptors (Lipinski definition) is 2. The quantitative estimate of drug-likeness (QED) is 0.828. The number of benzene rings is 1. The summed E-state index contributed by atoms with van der Waals surface area (Å²) in [4.78, 5) is 2.38. The van der Waals surface area contributed by atoms with Crippen LogP contribution in [-0.4, -0.2) is 19.6 Å². The Hall–Kier alpha value is -0.730. The SMILES string of the molecule is CCCN(CC)c1ccc(Cl)cc1CCN. The summed E-state index contributed by atoms with van der Waals surface area (Å²) in [5, 5.41) is 0.791. The van der Waals surface area contributed by atoms with Crippen LogP contribution in [-0.2, 0) is 6.42 Å². The van der Waals surface area contributed by atoms with Gasteiger partial charge in [-0.05, 0) is 50.1 Å². The van der Waals surface area contributed by atoms with Crippen LogP contribution in [0, 0.1) is 0 Å². The summed E-state index contributed by atoms with van der Waals surface area (Å²) in [7, 11) is 0. The molecule has 16 heavy (non-hydrogen) atoms. The normalized spacial score (nSPS) is 10.5. The van der Waals surface area contributed by atoms with Gasteiger partial charge >= 0.3 is 0 Å². The van der Waals surface area contributed by atoms with Crippen molar-refractivity contribution in [3.05, 3.63) is 28.8 Å². The predicted octanol–water partition coefficient (Wildman–Crippen LogP) is 3.08. The molecule has 0 fully saturated rings. The van der Waals surface area contributed by atoms with Gasteiger partial charge in [-0.1, -0.05) is 18.5 Å². The maximum absolute atomic E-state index is 6.02. The molecule has 0 bridgehead atoms. The topological polar surface area (TPSA) is 29.3 Å². The summed E-state index contributed by atoms with van der Waals surface area (Å²) in [5.41, 5.74) is 8.17. The zero-order valence-electron chi connectivity index (χ0n) is 10.2. The highest BCUT2D eigenvalue weighted by molar-refractivity contribution is 6.30. The van der Waals surface area contributed by atoms with Gasteiger partial charge < -0.3 is 10.6 Å². The van der Waals surface area contributed by atoms with Gasteiger partial charge in [0.1, 0.15) is 0 Å². The Balaban J connectivity index is 2.99. The van der Waals surface area contributed by atoms with E-state index in [9.17, 15) is 0 Å². The Morgan fingerprint density at radius 2 is 2.06 bits per heavy atom. The minimum atomic E-state index is 0.664. The Morgan fingerprint density at radius 1 is 1.31 bits per heavy atom. The summed E-state index contributed by atoms with van der Waals surface area (Å²) in [6.07, 6.45) is 2.04. The molecular formula is C13H21ClN2. The molecule has 90 valence electrons. The number of rotatable bonds is 6. The van der Waals surface area contributed by atoms with E-state index in [1.165, 1.54) is 11.3 Å². The molecule has 1 aromatic carbocycles. The molecule has 2 nitrogen and oxygen atoms in total. The monoisotopic (exact) mass is 240 g/mol. The third kappa shape index (κ3) is 3.39. The van der Waals surface area contributed by atoms with E-state index in [2.05, 4.69) is 24.8 Å². The van der Waals surface area contributed by atoms with E-state index >= 15 is 0 Å². The van der Waals surface area contributed by atoms with Gasteiger partial charge in [0.05, 0.1) is 0 Å². The van der Waals surface area contributed by atoms with Crippen LogP contribution in [0.2, 0.25) is 5.02 Å². The van der Waals surface area contributed by atoms with Crippen molar-refractivity contribution in [2.45, 2.75) is 26.7 Å².